The molecule has 0 bridgehead atoms. The van der Waals surface area contributed by atoms with Gasteiger partial charge in [0.1, 0.15) is 5.25 Å². The van der Waals surface area contributed by atoms with Gasteiger partial charge in [0.05, 0.1) is 26.9 Å². The third-order valence-electron chi connectivity index (χ3n) is 3.97. The van der Waals surface area contributed by atoms with E-state index in [0.29, 0.717) is 61.5 Å². The van der Waals surface area contributed by atoms with Crippen LogP contribution < -0.4 is 14.2 Å². The first kappa shape index (κ1) is 21.2. The van der Waals surface area contributed by atoms with E-state index in [9.17, 15) is 9.59 Å². The zero-order valence-corrected chi connectivity index (χ0v) is 17.1. The lowest BCUT2D eigenvalue weighted by Crippen LogP contribution is -2.45. The number of rotatable bonds is 8. The Bertz CT molecular complexity index is 639. The van der Waals surface area contributed by atoms with Gasteiger partial charge in [0.2, 0.25) is 5.75 Å². The monoisotopic (exact) mass is 397 g/mol. The van der Waals surface area contributed by atoms with Crippen molar-refractivity contribution < 1.29 is 28.5 Å². The number of methoxy groups -OCH3 is 1. The highest BCUT2D eigenvalue weighted by atomic mass is 32.2. The van der Waals surface area contributed by atoms with E-state index in [2.05, 4.69) is 0 Å². The van der Waals surface area contributed by atoms with Gasteiger partial charge >= 0.3 is 5.97 Å². The van der Waals surface area contributed by atoms with Crippen molar-refractivity contribution >= 4 is 23.6 Å². The Kier molecular flexibility index (Phi) is 8.09. The largest absolute Gasteiger partial charge is 0.490 e. The lowest BCUT2D eigenvalue weighted by molar-refractivity contribution is -0.140. The van der Waals surface area contributed by atoms with Gasteiger partial charge in [-0.3, -0.25) is 9.59 Å². The van der Waals surface area contributed by atoms with Gasteiger partial charge in [-0.15, -0.1) is 11.8 Å². The van der Waals surface area contributed by atoms with Crippen molar-refractivity contribution in [3.63, 3.8) is 0 Å². The number of hydrogen-bond donors (Lipinski definition) is 0. The normalized spacial score (nSPS) is 16.6. The summed E-state index contributed by atoms with van der Waals surface area (Å²) in [6.07, 6.45) is 0. The Morgan fingerprint density at radius 3 is 2.19 bits per heavy atom. The van der Waals surface area contributed by atoms with E-state index in [0.717, 1.165) is 0 Å². The van der Waals surface area contributed by atoms with Crippen molar-refractivity contribution in [1.82, 2.24) is 4.90 Å². The van der Waals surface area contributed by atoms with Crippen LogP contribution in [0.2, 0.25) is 0 Å². The molecule has 1 atom stereocenters. The minimum Gasteiger partial charge on any atom is -0.490 e. The molecule has 0 radical (unpaired) electrons. The molecule has 0 aliphatic carbocycles. The van der Waals surface area contributed by atoms with Gasteiger partial charge in [-0.25, -0.2) is 0 Å². The van der Waals surface area contributed by atoms with Crippen molar-refractivity contribution in [1.29, 1.82) is 0 Å². The fraction of sp³-hybridized carbons (Fsp3) is 0.579. The Labute approximate surface area is 164 Å². The number of amides is 1. The molecular formula is C19H27NO6S. The smallest absolute Gasteiger partial charge is 0.320 e. The van der Waals surface area contributed by atoms with E-state index in [1.165, 1.54) is 18.9 Å². The van der Waals surface area contributed by atoms with E-state index in [1.807, 2.05) is 20.8 Å². The van der Waals surface area contributed by atoms with Crippen LogP contribution in [0.4, 0.5) is 0 Å². The minimum atomic E-state index is -0.367. The van der Waals surface area contributed by atoms with Gasteiger partial charge < -0.3 is 23.8 Å². The van der Waals surface area contributed by atoms with Gasteiger partial charge in [0, 0.05) is 24.4 Å². The van der Waals surface area contributed by atoms with Crippen LogP contribution in [0.3, 0.4) is 0 Å². The van der Waals surface area contributed by atoms with E-state index in [1.54, 1.807) is 17.0 Å². The van der Waals surface area contributed by atoms with Gasteiger partial charge in [-0.05, 0) is 32.9 Å². The summed E-state index contributed by atoms with van der Waals surface area (Å²) in [6, 6.07) is 3.35. The number of esters is 1. The molecule has 1 heterocycles. The summed E-state index contributed by atoms with van der Waals surface area (Å²) >= 11 is 1.51. The molecule has 0 N–H and O–H groups in total. The van der Waals surface area contributed by atoms with Crippen LogP contribution in [-0.2, 0) is 9.53 Å². The van der Waals surface area contributed by atoms with E-state index < -0.39 is 0 Å². The molecule has 1 aliphatic rings. The predicted molar refractivity (Wildman–Crippen MR) is 104 cm³/mol. The van der Waals surface area contributed by atoms with Crippen molar-refractivity contribution in [2.24, 2.45) is 0 Å². The fourth-order valence-electron chi connectivity index (χ4n) is 2.80. The van der Waals surface area contributed by atoms with Gasteiger partial charge in [0.15, 0.2) is 11.5 Å². The SMILES string of the molecule is CCOc1cc(C(=O)N2CCS[C@@H](C(=O)OC)C2)cc(OCC)c1OCC. The quantitative estimate of drug-likeness (QED) is 0.624. The Hall–Kier alpha value is -2.09. The molecule has 7 nitrogen and oxygen atoms in total. The standard InChI is InChI=1S/C19H27NO6S/c1-5-24-14-10-13(11-15(25-6-2)17(14)26-7-3)18(21)20-8-9-27-16(12-20)19(22)23-4/h10-11,16H,5-9,12H2,1-4H3/t16-/m1/s1. The summed E-state index contributed by atoms with van der Waals surface area (Å²) in [7, 11) is 1.36. The van der Waals surface area contributed by atoms with Gasteiger partial charge in [0.25, 0.3) is 5.91 Å². The predicted octanol–water partition coefficient (Wildman–Crippen LogP) is 2.61. The number of ether oxygens (including phenoxy) is 4. The maximum atomic E-state index is 13.1. The van der Waals surface area contributed by atoms with Crippen molar-refractivity contribution in [3.8, 4) is 17.2 Å². The molecule has 0 spiro atoms. The third kappa shape index (κ3) is 5.22. The van der Waals surface area contributed by atoms with Crippen LogP contribution in [0.15, 0.2) is 12.1 Å². The summed E-state index contributed by atoms with van der Waals surface area (Å²) in [4.78, 5) is 26.5. The first-order valence-corrected chi connectivity index (χ1v) is 10.2. The summed E-state index contributed by atoms with van der Waals surface area (Å²) < 4.78 is 21.8. The second-order valence-corrected chi connectivity index (χ2v) is 7.05. The number of benzene rings is 1. The molecule has 150 valence electrons. The molecule has 0 aromatic heterocycles. The summed E-state index contributed by atoms with van der Waals surface area (Å²) in [6.45, 7) is 7.83. The molecule has 2 rings (SSSR count). The highest BCUT2D eigenvalue weighted by Crippen LogP contribution is 2.39. The lowest BCUT2D eigenvalue weighted by atomic mass is 10.1. The lowest BCUT2D eigenvalue weighted by Gasteiger charge is -2.31. The first-order chi connectivity index (χ1) is 13.0. The fourth-order valence-corrected chi connectivity index (χ4v) is 3.93. The van der Waals surface area contributed by atoms with Crippen LogP contribution in [0.25, 0.3) is 0 Å². The Morgan fingerprint density at radius 1 is 1.07 bits per heavy atom. The zero-order chi connectivity index (χ0) is 19.8. The molecule has 1 fully saturated rings. The van der Waals surface area contributed by atoms with Crippen LogP contribution in [-0.4, -0.2) is 67.8 Å². The molecule has 1 amide bonds. The van der Waals surface area contributed by atoms with Crippen molar-refractivity contribution in [3.05, 3.63) is 17.7 Å². The Balaban J connectivity index is 2.32. The van der Waals surface area contributed by atoms with Gasteiger partial charge in [-0.1, -0.05) is 0 Å². The maximum Gasteiger partial charge on any atom is 0.320 e. The van der Waals surface area contributed by atoms with Crippen LogP contribution in [0.5, 0.6) is 17.2 Å². The third-order valence-corrected chi connectivity index (χ3v) is 5.14. The maximum absolute atomic E-state index is 13.1. The molecule has 8 heteroatoms. The number of carbonyl (C=O) groups excluding carboxylic acids is 2. The molecule has 1 aliphatic heterocycles. The molecule has 1 aromatic carbocycles. The number of carbonyl (C=O) groups is 2. The highest BCUT2D eigenvalue weighted by Gasteiger charge is 2.31. The highest BCUT2D eigenvalue weighted by molar-refractivity contribution is 8.00. The van der Waals surface area contributed by atoms with Crippen LogP contribution in [0, 0.1) is 0 Å². The first-order valence-electron chi connectivity index (χ1n) is 9.10. The molecule has 1 aromatic rings. The summed E-state index contributed by atoms with van der Waals surface area (Å²) in [5.41, 5.74) is 0.445. The topological polar surface area (TPSA) is 74.3 Å². The molecular weight excluding hydrogens is 370 g/mol. The molecule has 0 saturated carbocycles. The van der Waals surface area contributed by atoms with E-state index in [-0.39, 0.29) is 17.1 Å². The number of thioether (sulfide) groups is 1. The minimum absolute atomic E-state index is 0.172. The average molecular weight is 397 g/mol. The van der Waals surface area contributed by atoms with Gasteiger partial charge in [-0.2, -0.15) is 0 Å². The summed E-state index contributed by atoms with van der Waals surface area (Å²) in [5, 5.41) is -0.367. The molecule has 1 saturated heterocycles. The zero-order valence-electron chi connectivity index (χ0n) is 16.3. The Morgan fingerprint density at radius 2 is 1.67 bits per heavy atom. The van der Waals surface area contributed by atoms with Crippen molar-refractivity contribution in [2.75, 3.05) is 45.8 Å². The molecule has 27 heavy (non-hydrogen) atoms. The van der Waals surface area contributed by atoms with Crippen LogP contribution in [0.1, 0.15) is 31.1 Å². The van der Waals surface area contributed by atoms with E-state index in [4.69, 9.17) is 18.9 Å². The second kappa shape index (κ2) is 10.3. The number of hydrogen-bond acceptors (Lipinski definition) is 7. The average Bonchev–Trinajstić information content (AvgIpc) is 2.69. The number of nitrogens with zero attached hydrogens (tertiary/aromatic N) is 1. The van der Waals surface area contributed by atoms with Crippen LogP contribution >= 0.6 is 11.8 Å². The second-order valence-electron chi connectivity index (χ2n) is 5.73. The van der Waals surface area contributed by atoms with E-state index >= 15 is 0 Å². The molecule has 0 unspecified atom stereocenters. The summed E-state index contributed by atoms with van der Waals surface area (Å²) in [5.74, 6) is 1.65. The van der Waals surface area contributed by atoms with Crippen molar-refractivity contribution in [2.45, 2.75) is 26.0 Å².